The summed E-state index contributed by atoms with van der Waals surface area (Å²) in [5.74, 6) is -0.973. The van der Waals surface area contributed by atoms with Gasteiger partial charge in [0.15, 0.2) is 5.82 Å². The number of anilines is 1. The summed E-state index contributed by atoms with van der Waals surface area (Å²) in [5.41, 5.74) is 1.26. The van der Waals surface area contributed by atoms with Crippen LogP contribution >= 0.6 is 11.6 Å². The molecule has 4 aromatic rings. The van der Waals surface area contributed by atoms with Crippen LogP contribution in [0.3, 0.4) is 0 Å². The monoisotopic (exact) mass is 708 g/mol. The minimum absolute atomic E-state index is 0.0858. The van der Waals surface area contributed by atoms with Crippen molar-refractivity contribution in [2.24, 2.45) is 0 Å². The highest BCUT2D eigenvalue weighted by Gasteiger charge is 2.34. The predicted molar refractivity (Wildman–Crippen MR) is 186 cm³/mol. The lowest BCUT2D eigenvalue weighted by Crippen LogP contribution is -2.21. The summed E-state index contributed by atoms with van der Waals surface area (Å²) in [6, 6.07) is 15.2. The number of hydrogen-bond acceptors (Lipinski definition) is 6. The molecule has 3 heterocycles. The summed E-state index contributed by atoms with van der Waals surface area (Å²) >= 11 is 6.74. The van der Waals surface area contributed by atoms with Crippen molar-refractivity contribution >= 4 is 35.3 Å². The average molecular weight is 709 g/mol. The first-order valence-electron chi connectivity index (χ1n) is 16.4. The summed E-state index contributed by atoms with van der Waals surface area (Å²) < 4.78 is 64.1. The Hall–Kier alpha value is -4.29. The predicted octanol–water partition coefficient (Wildman–Crippen LogP) is 8.15. The number of β-amino-alcohol motifs (C(OH)–C–C–N with tert-alkyl or cyclic N) is 1. The molecule has 2 aliphatic rings. The van der Waals surface area contributed by atoms with Gasteiger partial charge in [0.05, 0.1) is 29.5 Å². The maximum atomic E-state index is 15.9. The van der Waals surface area contributed by atoms with Gasteiger partial charge in [0.1, 0.15) is 11.4 Å². The lowest BCUT2D eigenvalue weighted by atomic mass is 9.98. The van der Waals surface area contributed by atoms with E-state index in [0.29, 0.717) is 42.1 Å². The van der Waals surface area contributed by atoms with Crippen LogP contribution in [-0.4, -0.2) is 65.2 Å². The molecule has 0 unspecified atom stereocenters. The fourth-order valence-corrected chi connectivity index (χ4v) is 6.77. The number of aliphatic hydroxyl groups excluding tert-OH is 1. The molecule has 1 amide bonds. The number of hydrogen-bond donors (Lipinski definition) is 2. The van der Waals surface area contributed by atoms with E-state index in [4.69, 9.17) is 16.3 Å². The van der Waals surface area contributed by atoms with Crippen LogP contribution in [-0.2, 0) is 19.3 Å². The van der Waals surface area contributed by atoms with Gasteiger partial charge in [-0.25, -0.2) is 4.39 Å². The normalized spacial score (nSPS) is 17.1. The molecule has 0 saturated carbocycles. The molecule has 0 radical (unpaired) electrons. The van der Waals surface area contributed by atoms with Crippen molar-refractivity contribution in [1.82, 2.24) is 14.8 Å². The fourth-order valence-electron chi connectivity index (χ4n) is 6.47. The SMILES string of the molecule is COc1cc(/C=C/c2cccc(-c3cccc(NC(=O)c4ccc(CN5CC[C@@H](O)C5)cn4)c3F)c2Cl)c(C(F)(F)F)cc1CN1CCCC1. The molecule has 7 nitrogen and oxygen atoms in total. The molecule has 2 fully saturated rings. The Morgan fingerprint density at radius 1 is 1.00 bits per heavy atom. The Labute approximate surface area is 293 Å². The molecule has 0 spiro atoms. The lowest BCUT2D eigenvalue weighted by Gasteiger charge is -2.20. The molecule has 0 aliphatic carbocycles. The third kappa shape index (κ3) is 8.18. The molecular weight excluding hydrogens is 672 g/mol. The number of aromatic nitrogens is 1. The van der Waals surface area contributed by atoms with Crippen molar-refractivity contribution in [1.29, 1.82) is 0 Å². The maximum absolute atomic E-state index is 15.9. The molecular formula is C38H37ClF4N4O3. The Kier molecular flexibility index (Phi) is 10.9. The number of carbonyl (C=O) groups is 1. The highest BCUT2D eigenvalue weighted by molar-refractivity contribution is 6.35. The van der Waals surface area contributed by atoms with Crippen molar-refractivity contribution in [3.63, 3.8) is 0 Å². The third-order valence-corrected chi connectivity index (χ3v) is 9.49. The number of methoxy groups -OCH3 is 1. The molecule has 262 valence electrons. The summed E-state index contributed by atoms with van der Waals surface area (Å²) in [5, 5.41) is 12.4. The highest BCUT2D eigenvalue weighted by atomic mass is 35.5. The van der Waals surface area contributed by atoms with Crippen LogP contribution < -0.4 is 10.1 Å². The van der Waals surface area contributed by atoms with Gasteiger partial charge in [-0.05, 0) is 73.3 Å². The molecule has 2 N–H and O–H groups in total. The van der Waals surface area contributed by atoms with Crippen molar-refractivity contribution in [2.75, 3.05) is 38.6 Å². The number of benzene rings is 3. The smallest absolute Gasteiger partial charge is 0.417 e. The molecule has 1 atom stereocenters. The van der Waals surface area contributed by atoms with Crippen LogP contribution in [0.25, 0.3) is 23.3 Å². The quantitative estimate of drug-likeness (QED) is 0.128. The van der Waals surface area contributed by atoms with E-state index in [9.17, 15) is 23.1 Å². The second-order valence-corrected chi connectivity index (χ2v) is 13.0. The number of amides is 1. The van der Waals surface area contributed by atoms with E-state index >= 15 is 4.39 Å². The van der Waals surface area contributed by atoms with Crippen LogP contribution in [0, 0.1) is 5.82 Å². The van der Waals surface area contributed by atoms with Gasteiger partial charge in [0.25, 0.3) is 5.91 Å². The number of alkyl halides is 3. The number of pyridine rings is 1. The van der Waals surface area contributed by atoms with E-state index in [0.717, 1.165) is 50.5 Å². The highest BCUT2D eigenvalue weighted by Crippen LogP contribution is 2.39. The number of nitrogens with one attached hydrogen (secondary N) is 1. The van der Waals surface area contributed by atoms with Gasteiger partial charge >= 0.3 is 6.18 Å². The number of aliphatic hydroxyl groups is 1. The molecule has 2 aliphatic heterocycles. The van der Waals surface area contributed by atoms with Crippen LogP contribution in [0.5, 0.6) is 5.75 Å². The van der Waals surface area contributed by atoms with Gasteiger partial charge in [0.2, 0.25) is 0 Å². The molecule has 6 rings (SSSR count). The zero-order valence-corrected chi connectivity index (χ0v) is 28.2. The first kappa shape index (κ1) is 35.5. The van der Waals surface area contributed by atoms with Crippen LogP contribution in [0.2, 0.25) is 5.02 Å². The van der Waals surface area contributed by atoms with Crippen molar-refractivity contribution < 1.29 is 32.2 Å². The van der Waals surface area contributed by atoms with Gasteiger partial charge in [-0.2, -0.15) is 13.2 Å². The van der Waals surface area contributed by atoms with Crippen molar-refractivity contribution in [2.45, 2.75) is 44.6 Å². The minimum Gasteiger partial charge on any atom is -0.496 e. The van der Waals surface area contributed by atoms with E-state index in [1.165, 1.54) is 37.5 Å². The summed E-state index contributed by atoms with van der Waals surface area (Å²) in [4.78, 5) is 21.4. The molecule has 1 aromatic heterocycles. The molecule has 3 aromatic carbocycles. The topological polar surface area (TPSA) is 77.9 Å². The number of likely N-dealkylation sites (tertiary alicyclic amines) is 2. The molecule has 2 saturated heterocycles. The van der Waals surface area contributed by atoms with Gasteiger partial charge in [0, 0.05) is 49.1 Å². The summed E-state index contributed by atoms with van der Waals surface area (Å²) in [6.45, 7) is 3.98. The van der Waals surface area contributed by atoms with Gasteiger partial charge in [-0.3, -0.25) is 19.6 Å². The summed E-state index contributed by atoms with van der Waals surface area (Å²) in [7, 11) is 1.44. The lowest BCUT2D eigenvalue weighted by molar-refractivity contribution is -0.137. The number of rotatable bonds is 10. The van der Waals surface area contributed by atoms with Gasteiger partial charge in [-0.1, -0.05) is 60.2 Å². The Morgan fingerprint density at radius 3 is 2.42 bits per heavy atom. The second kappa shape index (κ2) is 15.3. The number of ether oxygens (including phenoxy) is 1. The molecule has 0 bridgehead atoms. The third-order valence-electron chi connectivity index (χ3n) is 9.07. The Morgan fingerprint density at radius 2 is 1.74 bits per heavy atom. The zero-order valence-electron chi connectivity index (χ0n) is 27.4. The van der Waals surface area contributed by atoms with E-state index < -0.39 is 23.5 Å². The van der Waals surface area contributed by atoms with Crippen LogP contribution in [0.15, 0.2) is 66.9 Å². The van der Waals surface area contributed by atoms with Crippen LogP contribution in [0.1, 0.15) is 57.6 Å². The van der Waals surface area contributed by atoms with Gasteiger partial charge in [-0.15, -0.1) is 0 Å². The zero-order chi connectivity index (χ0) is 35.4. The molecule has 12 heteroatoms. The van der Waals surface area contributed by atoms with Crippen molar-refractivity contribution in [3.05, 3.63) is 111 Å². The maximum Gasteiger partial charge on any atom is 0.417 e. The summed E-state index contributed by atoms with van der Waals surface area (Å²) in [6.07, 6.45) is 2.17. The van der Waals surface area contributed by atoms with E-state index in [1.54, 1.807) is 42.6 Å². The number of halogens is 5. The largest absolute Gasteiger partial charge is 0.496 e. The second-order valence-electron chi connectivity index (χ2n) is 12.6. The van der Waals surface area contributed by atoms with Crippen molar-refractivity contribution in [3.8, 4) is 16.9 Å². The van der Waals surface area contributed by atoms with E-state index in [2.05, 4.69) is 20.1 Å². The first-order valence-corrected chi connectivity index (χ1v) is 16.8. The Bertz CT molecular complexity index is 1880. The van der Waals surface area contributed by atoms with Gasteiger partial charge < -0.3 is 15.2 Å². The standard InChI is InChI=1S/C38H37ClF4N4O3/c1-50-34-19-26(31(38(41,42)43)18-27(34)22-46-15-2-3-16-46)12-11-25-6-4-7-29(35(25)39)30-8-5-9-32(36(30)40)45-37(49)33-13-10-24(20-44-33)21-47-17-14-28(48)23-47/h4-13,18-20,28,48H,2-3,14-17,21-23H2,1H3,(H,45,49)/b12-11+/t28-/m1/s1. The van der Waals surface area contributed by atoms with E-state index in [1.807, 2.05) is 0 Å². The number of carbonyl (C=O) groups excluding carboxylic acids is 1. The first-order chi connectivity index (χ1) is 24.0. The number of nitrogens with zero attached hydrogens (tertiary/aromatic N) is 3. The van der Waals surface area contributed by atoms with Crippen LogP contribution in [0.4, 0.5) is 23.2 Å². The Balaban J connectivity index is 1.22. The average Bonchev–Trinajstić information content (AvgIpc) is 3.76. The minimum atomic E-state index is -4.61. The molecule has 50 heavy (non-hydrogen) atoms. The van der Waals surface area contributed by atoms with E-state index in [-0.39, 0.29) is 33.6 Å². The fraction of sp³-hybridized carbons (Fsp3) is 0.316.